The number of benzene rings is 2. The molecule has 3 nitrogen and oxygen atoms in total. The summed E-state index contributed by atoms with van der Waals surface area (Å²) in [5.74, 6) is 0.357. The molecule has 4 heteroatoms. The van der Waals surface area contributed by atoms with Crippen molar-refractivity contribution >= 4 is 28.2 Å². The van der Waals surface area contributed by atoms with E-state index in [1.807, 2.05) is 18.2 Å². The third kappa shape index (κ3) is 2.48. The predicted octanol–water partition coefficient (Wildman–Crippen LogP) is 4.13. The van der Waals surface area contributed by atoms with Crippen LogP contribution in [0.1, 0.15) is 15.9 Å². The van der Waals surface area contributed by atoms with Gasteiger partial charge in [-0.05, 0) is 29.7 Å². The second kappa shape index (κ2) is 5.54. The van der Waals surface area contributed by atoms with Gasteiger partial charge in [-0.1, -0.05) is 29.8 Å². The summed E-state index contributed by atoms with van der Waals surface area (Å²) < 4.78 is 5.26. The van der Waals surface area contributed by atoms with Crippen molar-refractivity contribution in [2.24, 2.45) is 0 Å². The first-order valence-electron chi connectivity index (χ1n) is 6.41. The van der Waals surface area contributed by atoms with Gasteiger partial charge in [-0.2, -0.15) is 0 Å². The standard InChI is InChI=1S/C17H12ClNO2/c1-21-16-9-12(18)5-6-14(16)17(20)13-4-2-3-11-7-8-19-10-15(11)13/h2-10H,1H3. The zero-order valence-electron chi connectivity index (χ0n) is 11.3. The number of ketones is 1. The van der Waals surface area contributed by atoms with Crippen molar-refractivity contribution in [2.45, 2.75) is 0 Å². The summed E-state index contributed by atoms with van der Waals surface area (Å²) in [5, 5.41) is 2.33. The molecule has 1 aromatic heterocycles. The molecule has 0 fully saturated rings. The Kier molecular flexibility index (Phi) is 3.59. The van der Waals surface area contributed by atoms with E-state index in [0.29, 0.717) is 21.9 Å². The number of rotatable bonds is 3. The molecule has 3 aromatic rings. The molecule has 0 aliphatic rings. The number of hydrogen-bond donors (Lipinski definition) is 0. The summed E-state index contributed by atoms with van der Waals surface area (Å²) in [6, 6.07) is 12.5. The maximum absolute atomic E-state index is 12.8. The first kappa shape index (κ1) is 13.6. The highest BCUT2D eigenvalue weighted by Gasteiger charge is 2.17. The van der Waals surface area contributed by atoms with E-state index in [9.17, 15) is 4.79 Å². The largest absolute Gasteiger partial charge is 0.496 e. The number of carbonyl (C=O) groups excluding carboxylic acids is 1. The van der Waals surface area contributed by atoms with Gasteiger partial charge in [0.2, 0.25) is 0 Å². The first-order chi connectivity index (χ1) is 10.2. The van der Waals surface area contributed by atoms with Crippen LogP contribution < -0.4 is 4.74 Å². The van der Waals surface area contributed by atoms with E-state index in [1.165, 1.54) is 7.11 Å². The zero-order valence-corrected chi connectivity index (χ0v) is 12.1. The van der Waals surface area contributed by atoms with Gasteiger partial charge in [-0.25, -0.2) is 0 Å². The number of pyridine rings is 1. The van der Waals surface area contributed by atoms with Crippen LogP contribution in [0.15, 0.2) is 54.9 Å². The highest BCUT2D eigenvalue weighted by atomic mass is 35.5. The van der Waals surface area contributed by atoms with Crippen LogP contribution in [-0.4, -0.2) is 17.9 Å². The second-order valence-corrected chi connectivity index (χ2v) is 5.01. The summed E-state index contributed by atoms with van der Waals surface area (Å²) in [5.41, 5.74) is 1.08. The van der Waals surface area contributed by atoms with Crippen molar-refractivity contribution in [1.29, 1.82) is 0 Å². The van der Waals surface area contributed by atoms with E-state index in [-0.39, 0.29) is 5.78 Å². The minimum absolute atomic E-state index is 0.109. The third-order valence-corrected chi connectivity index (χ3v) is 3.57. The summed E-state index contributed by atoms with van der Waals surface area (Å²) >= 11 is 5.94. The fourth-order valence-corrected chi connectivity index (χ4v) is 2.47. The molecule has 0 bridgehead atoms. The van der Waals surface area contributed by atoms with Gasteiger partial charge in [0.25, 0.3) is 0 Å². The molecule has 0 N–H and O–H groups in total. The molecule has 0 saturated heterocycles. The summed E-state index contributed by atoms with van der Waals surface area (Å²) in [7, 11) is 1.52. The van der Waals surface area contributed by atoms with Crippen LogP contribution in [0.3, 0.4) is 0 Å². The van der Waals surface area contributed by atoms with Crippen molar-refractivity contribution in [1.82, 2.24) is 4.98 Å². The van der Waals surface area contributed by atoms with Gasteiger partial charge in [-0.3, -0.25) is 9.78 Å². The lowest BCUT2D eigenvalue weighted by Crippen LogP contribution is -2.04. The number of fused-ring (bicyclic) bond motifs is 1. The Bertz CT molecular complexity index is 825. The van der Waals surface area contributed by atoms with Crippen molar-refractivity contribution in [3.05, 3.63) is 71.0 Å². The first-order valence-corrected chi connectivity index (χ1v) is 6.79. The van der Waals surface area contributed by atoms with Gasteiger partial charge in [0.1, 0.15) is 5.75 Å². The molecule has 104 valence electrons. The van der Waals surface area contributed by atoms with E-state index >= 15 is 0 Å². The molecule has 0 unspecified atom stereocenters. The third-order valence-electron chi connectivity index (χ3n) is 3.34. The van der Waals surface area contributed by atoms with Gasteiger partial charge in [-0.15, -0.1) is 0 Å². The molecule has 2 aromatic carbocycles. The van der Waals surface area contributed by atoms with E-state index in [0.717, 1.165) is 10.8 Å². The molecular weight excluding hydrogens is 286 g/mol. The Balaban J connectivity index is 2.17. The number of nitrogens with zero attached hydrogens (tertiary/aromatic N) is 1. The molecule has 0 atom stereocenters. The Labute approximate surface area is 127 Å². The van der Waals surface area contributed by atoms with Crippen LogP contribution in [0.25, 0.3) is 10.8 Å². The molecule has 0 aliphatic heterocycles. The van der Waals surface area contributed by atoms with Crippen molar-refractivity contribution in [3.63, 3.8) is 0 Å². The van der Waals surface area contributed by atoms with Gasteiger partial charge in [0.15, 0.2) is 5.78 Å². The Hall–Kier alpha value is -2.39. The van der Waals surface area contributed by atoms with E-state index in [1.54, 1.807) is 36.7 Å². The maximum Gasteiger partial charge on any atom is 0.197 e. The molecule has 0 aliphatic carbocycles. The van der Waals surface area contributed by atoms with E-state index in [4.69, 9.17) is 16.3 Å². The molecule has 3 rings (SSSR count). The Morgan fingerprint density at radius 3 is 2.81 bits per heavy atom. The molecule has 21 heavy (non-hydrogen) atoms. The molecule has 0 radical (unpaired) electrons. The van der Waals surface area contributed by atoms with Gasteiger partial charge in [0, 0.05) is 28.4 Å². The lowest BCUT2D eigenvalue weighted by Gasteiger charge is -2.09. The molecule has 1 heterocycles. The quantitative estimate of drug-likeness (QED) is 0.682. The van der Waals surface area contributed by atoms with Crippen LogP contribution in [0.4, 0.5) is 0 Å². The van der Waals surface area contributed by atoms with Crippen molar-refractivity contribution < 1.29 is 9.53 Å². The second-order valence-electron chi connectivity index (χ2n) is 4.58. The highest BCUT2D eigenvalue weighted by Crippen LogP contribution is 2.28. The van der Waals surface area contributed by atoms with Gasteiger partial charge in [0.05, 0.1) is 12.7 Å². The minimum atomic E-state index is -0.109. The topological polar surface area (TPSA) is 39.2 Å². The van der Waals surface area contributed by atoms with Crippen LogP contribution >= 0.6 is 11.6 Å². The van der Waals surface area contributed by atoms with Crippen LogP contribution in [0.2, 0.25) is 5.02 Å². The lowest BCUT2D eigenvalue weighted by atomic mass is 9.98. The molecule has 0 amide bonds. The van der Waals surface area contributed by atoms with Crippen molar-refractivity contribution in [3.8, 4) is 5.75 Å². The van der Waals surface area contributed by atoms with E-state index in [2.05, 4.69) is 4.98 Å². The van der Waals surface area contributed by atoms with Crippen LogP contribution in [0.5, 0.6) is 5.75 Å². The number of halogens is 1. The summed E-state index contributed by atoms with van der Waals surface area (Å²) in [4.78, 5) is 16.9. The number of methoxy groups -OCH3 is 1. The number of ether oxygens (including phenoxy) is 1. The highest BCUT2D eigenvalue weighted by molar-refractivity contribution is 6.31. The fourth-order valence-electron chi connectivity index (χ4n) is 2.31. The van der Waals surface area contributed by atoms with Crippen LogP contribution in [0, 0.1) is 0 Å². The lowest BCUT2D eigenvalue weighted by molar-refractivity contribution is 0.103. The maximum atomic E-state index is 12.8. The zero-order chi connectivity index (χ0) is 14.8. The molecule has 0 saturated carbocycles. The number of aromatic nitrogens is 1. The average molecular weight is 298 g/mol. The predicted molar refractivity (Wildman–Crippen MR) is 83.2 cm³/mol. The SMILES string of the molecule is COc1cc(Cl)ccc1C(=O)c1cccc2ccncc12. The monoisotopic (exact) mass is 297 g/mol. The number of hydrogen-bond acceptors (Lipinski definition) is 3. The number of carbonyl (C=O) groups is 1. The summed E-state index contributed by atoms with van der Waals surface area (Å²) in [6.07, 6.45) is 3.41. The normalized spacial score (nSPS) is 10.6. The van der Waals surface area contributed by atoms with E-state index < -0.39 is 0 Å². The Morgan fingerprint density at radius 1 is 1.14 bits per heavy atom. The smallest absolute Gasteiger partial charge is 0.197 e. The summed E-state index contributed by atoms with van der Waals surface area (Å²) in [6.45, 7) is 0. The Morgan fingerprint density at radius 2 is 2.00 bits per heavy atom. The van der Waals surface area contributed by atoms with Gasteiger partial charge < -0.3 is 4.74 Å². The molecule has 0 spiro atoms. The van der Waals surface area contributed by atoms with Crippen molar-refractivity contribution in [2.75, 3.05) is 7.11 Å². The average Bonchev–Trinajstić information content (AvgIpc) is 2.53. The molecular formula is C17H12ClNO2. The van der Waals surface area contributed by atoms with Crippen LogP contribution in [-0.2, 0) is 0 Å². The minimum Gasteiger partial charge on any atom is -0.496 e. The van der Waals surface area contributed by atoms with Gasteiger partial charge >= 0.3 is 0 Å². The fraction of sp³-hybridized carbons (Fsp3) is 0.0588.